The van der Waals surface area contributed by atoms with Gasteiger partial charge in [-0.3, -0.25) is 0 Å². The van der Waals surface area contributed by atoms with Gasteiger partial charge < -0.3 is 9.52 Å². The standard InChI is InChI=1S/C16H13NO3S/c1-9-5-3-6-10(2)12(9)14-13(16(18)19)17-15(20-14)11-7-4-8-21-11/h3-8H,1-2H3,(H,18,19). The van der Waals surface area contributed by atoms with Crippen LogP contribution in [0.3, 0.4) is 0 Å². The van der Waals surface area contributed by atoms with E-state index in [2.05, 4.69) is 4.98 Å². The number of aryl methyl sites for hydroxylation is 2. The van der Waals surface area contributed by atoms with Crippen molar-refractivity contribution in [1.82, 2.24) is 4.98 Å². The van der Waals surface area contributed by atoms with Crippen LogP contribution in [-0.2, 0) is 0 Å². The van der Waals surface area contributed by atoms with Gasteiger partial charge in [0.2, 0.25) is 5.89 Å². The van der Waals surface area contributed by atoms with Crippen LogP contribution in [0.15, 0.2) is 40.1 Å². The lowest BCUT2D eigenvalue weighted by Gasteiger charge is -2.06. The minimum Gasteiger partial charge on any atom is -0.476 e. The van der Waals surface area contributed by atoms with Gasteiger partial charge in [-0.2, -0.15) is 0 Å². The van der Waals surface area contributed by atoms with Gasteiger partial charge in [0, 0.05) is 5.56 Å². The SMILES string of the molecule is Cc1cccc(C)c1-c1oc(-c2cccs2)nc1C(=O)O. The van der Waals surface area contributed by atoms with Crippen molar-refractivity contribution in [1.29, 1.82) is 0 Å². The Kier molecular flexibility index (Phi) is 3.35. The molecule has 4 nitrogen and oxygen atoms in total. The minimum absolute atomic E-state index is 0.0456. The van der Waals surface area contributed by atoms with E-state index < -0.39 is 5.97 Å². The van der Waals surface area contributed by atoms with Gasteiger partial charge >= 0.3 is 5.97 Å². The third-order valence-corrected chi connectivity index (χ3v) is 4.13. The van der Waals surface area contributed by atoms with E-state index in [-0.39, 0.29) is 5.69 Å². The number of hydrogen-bond acceptors (Lipinski definition) is 4. The Hall–Kier alpha value is -2.40. The van der Waals surface area contributed by atoms with Crippen molar-refractivity contribution < 1.29 is 14.3 Å². The van der Waals surface area contributed by atoms with E-state index in [0.29, 0.717) is 11.7 Å². The first-order valence-electron chi connectivity index (χ1n) is 6.42. The van der Waals surface area contributed by atoms with Crippen LogP contribution >= 0.6 is 11.3 Å². The van der Waals surface area contributed by atoms with E-state index in [1.807, 2.05) is 49.6 Å². The maximum absolute atomic E-state index is 11.5. The van der Waals surface area contributed by atoms with Crippen LogP contribution < -0.4 is 0 Å². The molecule has 0 saturated carbocycles. The molecule has 2 heterocycles. The van der Waals surface area contributed by atoms with E-state index in [1.165, 1.54) is 11.3 Å². The highest BCUT2D eigenvalue weighted by Gasteiger charge is 2.24. The van der Waals surface area contributed by atoms with E-state index in [9.17, 15) is 9.90 Å². The second kappa shape index (κ2) is 5.18. The average Bonchev–Trinajstić information content (AvgIpc) is 3.07. The van der Waals surface area contributed by atoms with Crippen LogP contribution in [-0.4, -0.2) is 16.1 Å². The summed E-state index contributed by atoms with van der Waals surface area (Å²) in [4.78, 5) is 16.5. The van der Waals surface area contributed by atoms with Crippen LogP contribution in [0.1, 0.15) is 21.6 Å². The highest BCUT2D eigenvalue weighted by molar-refractivity contribution is 7.13. The monoisotopic (exact) mass is 299 g/mol. The summed E-state index contributed by atoms with van der Waals surface area (Å²) in [7, 11) is 0. The lowest BCUT2D eigenvalue weighted by atomic mass is 10.00. The van der Waals surface area contributed by atoms with Gasteiger partial charge in [-0.25, -0.2) is 9.78 Å². The molecular weight excluding hydrogens is 286 g/mol. The Morgan fingerprint density at radius 3 is 2.48 bits per heavy atom. The Balaban J connectivity index is 2.25. The van der Waals surface area contributed by atoms with Gasteiger partial charge in [-0.1, -0.05) is 24.3 Å². The minimum atomic E-state index is -1.08. The fraction of sp³-hybridized carbons (Fsp3) is 0.125. The van der Waals surface area contributed by atoms with Crippen molar-refractivity contribution in [3.63, 3.8) is 0 Å². The van der Waals surface area contributed by atoms with E-state index in [1.54, 1.807) is 0 Å². The van der Waals surface area contributed by atoms with Gasteiger partial charge in [0.25, 0.3) is 0 Å². The molecule has 0 fully saturated rings. The summed E-state index contributed by atoms with van der Waals surface area (Å²) in [5.74, 6) is -0.416. The summed E-state index contributed by atoms with van der Waals surface area (Å²) >= 11 is 1.46. The van der Waals surface area contributed by atoms with Crippen molar-refractivity contribution in [3.05, 3.63) is 52.5 Å². The molecule has 0 atom stereocenters. The predicted molar refractivity (Wildman–Crippen MR) is 81.7 cm³/mol. The number of carboxylic acids is 1. The van der Waals surface area contributed by atoms with Gasteiger partial charge in [-0.15, -0.1) is 11.3 Å². The molecule has 106 valence electrons. The summed E-state index contributed by atoms with van der Waals surface area (Å²) in [6.45, 7) is 3.86. The van der Waals surface area contributed by atoms with Crippen molar-refractivity contribution in [2.24, 2.45) is 0 Å². The number of rotatable bonds is 3. The molecule has 1 N–H and O–H groups in total. The normalized spacial score (nSPS) is 10.8. The number of aromatic nitrogens is 1. The Morgan fingerprint density at radius 2 is 1.90 bits per heavy atom. The van der Waals surface area contributed by atoms with E-state index in [0.717, 1.165) is 21.6 Å². The van der Waals surface area contributed by atoms with Crippen LogP contribution in [0.2, 0.25) is 0 Å². The second-order valence-corrected chi connectivity index (χ2v) is 5.69. The summed E-state index contributed by atoms with van der Waals surface area (Å²) < 4.78 is 5.79. The van der Waals surface area contributed by atoms with Gasteiger partial charge in [0.15, 0.2) is 11.5 Å². The van der Waals surface area contributed by atoms with E-state index in [4.69, 9.17) is 4.42 Å². The number of thiophene rings is 1. The van der Waals surface area contributed by atoms with E-state index >= 15 is 0 Å². The molecule has 0 aliphatic rings. The van der Waals surface area contributed by atoms with Gasteiger partial charge in [-0.05, 0) is 36.4 Å². The first-order valence-corrected chi connectivity index (χ1v) is 7.30. The molecule has 5 heteroatoms. The lowest BCUT2D eigenvalue weighted by Crippen LogP contribution is -2.00. The first-order chi connectivity index (χ1) is 10.1. The van der Waals surface area contributed by atoms with Crippen LogP contribution in [0.4, 0.5) is 0 Å². The molecule has 3 aromatic rings. The molecule has 21 heavy (non-hydrogen) atoms. The summed E-state index contributed by atoms with van der Waals surface area (Å²) in [6, 6.07) is 9.54. The van der Waals surface area contributed by atoms with Crippen LogP contribution in [0, 0.1) is 13.8 Å². The number of nitrogens with zero attached hydrogens (tertiary/aromatic N) is 1. The number of hydrogen-bond donors (Lipinski definition) is 1. The third-order valence-electron chi connectivity index (χ3n) is 3.27. The fourth-order valence-corrected chi connectivity index (χ4v) is 2.96. The predicted octanol–water partition coefficient (Wildman–Crippen LogP) is 4.39. The smallest absolute Gasteiger partial charge is 0.358 e. The molecule has 2 aromatic heterocycles. The number of carboxylic acid groups (broad SMARTS) is 1. The lowest BCUT2D eigenvalue weighted by molar-refractivity contribution is 0.0691. The zero-order chi connectivity index (χ0) is 15.0. The molecule has 0 spiro atoms. The molecule has 0 aliphatic heterocycles. The second-order valence-electron chi connectivity index (χ2n) is 4.75. The summed E-state index contributed by atoms with van der Waals surface area (Å²) in [5, 5.41) is 11.3. The maximum Gasteiger partial charge on any atom is 0.358 e. The number of benzene rings is 1. The molecule has 1 aromatic carbocycles. The molecule has 0 bridgehead atoms. The van der Waals surface area contributed by atoms with Crippen LogP contribution in [0.5, 0.6) is 0 Å². The fourth-order valence-electron chi connectivity index (χ4n) is 2.31. The van der Waals surface area contributed by atoms with Crippen molar-refractivity contribution in [2.45, 2.75) is 13.8 Å². The Morgan fingerprint density at radius 1 is 1.19 bits per heavy atom. The zero-order valence-corrected chi connectivity index (χ0v) is 12.4. The Labute approximate surface area is 125 Å². The van der Waals surface area contributed by atoms with Crippen molar-refractivity contribution in [3.8, 4) is 22.1 Å². The zero-order valence-electron chi connectivity index (χ0n) is 11.6. The largest absolute Gasteiger partial charge is 0.476 e. The molecule has 0 unspecified atom stereocenters. The third kappa shape index (κ3) is 2.36. The average molecular weight is 299 g/mol. The quantitative estimate of drug-likeness (QED) is 0.779. The van der Waals surface area contributed by atoms with Crippen LogP contribution in [0.25, 0.3) is 22.1 Å². The van der Waals surface area contributed by atoms with Gasteiger partial charge in [0.05, 0.1) is 4.88 Å². The molecule has 0 saturated heterocycles. The Bertz CT molecular complexity index is 783. The van der Waals surface area contributed by atoms with Gasteiger partial charge in [0.1, 0.15) is 0 Å². The summed E-state index contributed by atoms with van der Waals surface area (Å²) in [5.41, 5.74) is 2.68. The molecule has 0 aliphatic carbocycles. The maximum atomic E-state index is 11.5. The van der Waals surface area contributed by atoms with Crippen molar-refractivity contribution >= 4 is 17.3 Å². The molecule has 0 amide bonds. The summed E-state index contributed by atoms with van der Waals surface area (Å²) in [6.07, 6.45) is 0. The number of carbonyl (C=O) groups is 1. The topological polar surface area (TPSA) is 63.3 Å². The van der Waals surface area contributed by atoms with Crippen molar-refractivity contribution in [2.75, 3.05) is 0 Å². The molecule has 3 rings (SSSR count). The number of oxazole rings is 1. The molecular formula is C16H13NO3S. The number of aromatic carboxylic acids is 1. The highest BCUT2D eigenvalue weighted by atomic mass is 32.1. The first kappa shape index (κ1) is 13.6. The molecule has 0 radical (unpaired) electrons. The highest BCUT2D eigenvalue weighted by Crippen LogP contribution is 2.35.